The molecule has 0 radical (unpaired) electrons. The molecule has 0 atom stereocenters. The van der Waals surface area contributed by atoms with Crippen molar-refractivity contribution in [2.45, 2.75) is 39.2 Å². The number of aliphatic hydroxyl groups is 1. The molecule has 6 nitrogen and oxygen atoms in total. The lowest BCUT2D eigenvalue weighted by Gasteiger charge is -2.31. The number of carbonyl (C=O) groups is 2. The van der Waals surface area contributed by atoms with Crippen LogP contribution in [0.15, 0.2) is 30.5 Å². The van der Waals surface area contributed by atoms with Gasteiger partial charge in [0.05, 0.1) is 5.56 Å². The second-order valence-electron chi connectivity index (χ2n) is 7.94. The summed E-state index contributed by atoms with van der Waals surface area (Å²) in [6.45, 7) is 7.56. The molecule has 160 valence electrons. The summed E-state index contributed by atoms with van der Waals surface area (Å²) < 4.78 is 2.03. The Labute approximate surface area is 178 Å². The molecule has 1 aliphatic heterocycles. The van der Waals surface area contributed by atoms with Crippen LogP contribution in [-0.4, -0.2) is 59.0 Å². The van der Waals surface area contributed by atoms with Gasteiger partial charge in [0.15, 0.2) is 0 Å². The number of likely N-dealkylation sites (tertiary alicyclic amines) is 1. The molecule has 0 unspecified atom stereocenters. The minimum atomic E-state index is -0.540. The maximum Gasteiger partial charge on any atom is 0.292 e. The van der Waals surface area contributed by atoms with Crippen molar-refractivity contribution in [1.29, 1.82) is 0 Å². The number of carbonyl (C=O) groups excluding carboxylic acids is 2. The molecule has 2 aromatic rings. The Hall–Kier alpha value is -1.89. The van der Waals surface area contributed by atoms with Crippen LogP contribution in [0.3, 0.4) is 0 Å². The fourth-order valence-corrected chi connectivity index (χ4v) is 4.02. The molecule has 0 aliphatic carbocycles. The maximum atomic E-state index is 12.7. The molecule has 1 aliphatic rings. The topological polar surface area (TPSA) is 74.6 Å². The lowest BCUT2D eigenvalue weighted by atomic mass is 9.94. The first-order valence-electron chi connectivity index (χ1n) is 10.3. The lowest BCUT2D eigenvalue weighted by Crippen LogP contribution is -2.41. The monoisotopic (exact) mass is 421 g/mol. The molecule has 1 aromatic carbocycles. The van der Waals surface area contributed by atoms with Gasteiger partial charge in [-0.1, -0.05) is 18.2 Å². The van der Waals surface area contributed by atoms with E-state index in [-0.39, 0.29) is 25.1 Å². The number of rotatable bonds is 8. The number of piperidine rings is 1. The summed E-state index contributed by atoms with van der Waals surface area (Å²) in [7, 11) is 0. The number of para-hydroxylation sites is 1. The van der Waals surface area contributed by atoms with E-state index in [2.05, 4.69) is 24.1 Å². The van der Waals surface area contributed by atoms with Gasteiger partial charge in [0, 0.05) is 42.8 Å². The van der Waals surface area contributed by atoms with Crippen LogP contribution in [0.2, 0.25) is 0 Å². The number of fused-ring (bicyclic) bond motifs is 1. The summed E-state index contributed by atoms with van der Waals surface area (Å²) in [5.74, 6) is -0.408. The number of hydrogen-bond donors (Lipinski definition) is 2. The summed E-state index contributed by atoms with van der Waals surface area (Å²) in [5.41, 5.74) is 1.44. The fraction of sp³-hybridized carbons (Fsp3) is 0.545. The Morgan fingerprint density at radius 2 is 1.90 bits per heavy atom. The molecule has 2 heterocycles. The quantitative estimate of drug-likeness (QED) is 0.507. The van der Waals surface area contributed by atoms with E-state index in [9.17, 15) is 9.59 Å². The molecular weight excluding hydrogens is 390 g/mol. The number of nitrogens with one attached hydrogen (secondary N) is 1. The smallest absolute Gasteiger partial charge is 0.292 e. The van der Waals surface area contributed by atoms with Crippen LogP contribution in [0.25, 0.3) is 10.9 Å². The molecule has 3 rings (SSSR count). The zero-order valence-electron chi connectivity index (χ0n) is 17.3. The number of Topliss-reactive ketones (excluding diaryl/α,β-unsaturated/α-hetero) is 1. The van der Waals surface area contributed by atoms with Crippen LogP contribution >= 0.6 is 12.4 Å². The van der Waals surface area contributed by atoms with Gasteiger partial charge >= 0.3 is 0 Å². The molecule has 0 bridgehead atoms. The number of amides is 1. The Morgan fingerprint density at radius 1 is 1.21 bits per heavy atom. The van der Waals surface area contributed by atoms with Crippen molar-refractivity contribution in [1.82, 2.24) is 14.8 Å². The largest absolute Gasteiger partial charge is 0.396 e. The average Bonchev–Trinajstić information content (AvgIpc) is 3.09. The van der Waals surface area contributed by atoms with Crippen molar-refractivity contribution < 1.29 is 14.7 Å². The van der Waals surface area contributed by atoms with Crippen molar-refractivity contribution >= 4 is 35.0 Å². The Kier molecular flexibility index (Phi) is 8.68. The van der Waals surface area contributed by atoms with Crippen LogP contribution in [-0.2, 0) is 4.79 Å². The molecule has 1 amide bonds. The molecule has 1 saturated heterocycles. The predicted octanol–water partition coefficient (Wildman–Crippen LogP) is 3.04. The maximum absolute atomic E-state index is 12.7. The van der Waals surface area contributed by atoms with E-state index in [1.54, 1.807) is 6.20 Å². The van der Waals surface area contributed by atoms with Gasteiger partial charge in [-0.2, -0.15) is 0 Å². The van der Waals surface area contributed by atoms with E-state index in [1.165, 1.54) is 0 Å². The minimum absolute atomic E-state index is 0. The summed E-state index contributed by atoms with van der Waals surface area (Å²) in [5, 5.41) is 12.6. The van der Waals surface area contributed by atoms with Gasteiger partial charge in [-0.05, 0) is 58.2 Å². The summed E-state index contributed by atoms with van der Waals surface area (Å²) in [6.07, 6.45) is 4.84. The second-order valence-corrected chi connectivity index (χ2v) is 7.94. The van der Waals surface area contributed by atoms with Crippen molar-refractivity contribution in [3.8, 4) is 0 Å². The number of nitrogens with zero attached hydrogens (tertiary/aromatic N) is 2. The number of halogens is 1. The summed E-state index contributed by atoms with van der Waals surface area (Å²) in [6, 6.07) is 7.92. The Balaban J connectivity index is 0.00000300. The van der Waals surface area contributed by atoms with E-state index in [4.69, 9.17) is 5.11 Å². The van der Waals surface area contributed by atoms with Crippen LogP contribution in [0.4, 0.5) is 0 Å². The number of ketones is 1. The number of aliphatic hydroxyl groups excluding tert-OH is 1. The summed E-state index contributed by atoms with van der Waals surface area (Å²) in [4.78, 5) is 27.5. The van der Waals surface area contributed by atoms with Crippen LogP contribution in [0.5, 0.6) is 0 Å². The number of hydrogen-bond acceptors (Lipinski definition) is 4. The highest BCUT2D eigenvalue weighted by molar-refractivity contribution is 6.45. The number of aromatic nitrogens is 1. The average molecular weight is 422 g/mol. The van der Waals surface area contributed by atoms with Gasteiger partial charge in [-0.3, -0.25) is 9.59 Å². The molecule has 29 heavy (non-hydrogen) atoms. The zero-order valence-corrected chi connectivity index (χ0v) is 18.1. The van der Waals surface area contributed by atoms with E-state index >= 15 is 0 Å². The Morgan fingerprint density at radius 3 is 2.55 bits per heavy atom. The molecule has 0 spiro atoms. The summed E-state index contributed by atoms with van der Waals surface area (Å²) >= 11 is 0. The van der Waals surface area contributed by atoms with Crippen LogP contribution < -0.4 is 5.32 Å². The third-order valence-electron chi connectivity index (χ3n) is 5.71. The third-order valence-corrected chi connectivity index (χ3v) is 5.71. The molecule has 0 saturated carbocycles. The third kappa shape index (κ3) is 5.59. The van der Waals surface area contributed by atoms with Crippen molar-refractivity contribution in [2.24, 2.45) is 5.92 Å². The van der Waals surface area contributed by atoms with Gasteiger partial charge in [0.2, 0.25) is 0 Å². The first kappa shape index (κ1) is 23.4. The predicted molar refractivity (Wildman–Crippen MR) is 118 cm³/mol. The van der Waals surface area contributed by atoms with Crippen LogP contribution in [0, 0.1) is 5.92 Å². The van der Waals surface area contributed by atoms with E-state index in [0.29, 0.717) is 18.0 Å². The molecule has 1 aromatic heterocycles. The molecule has 7 heteroatoms. The fourth-order valence-electron chi connectivity index (χ4n) is 4.02. The molecule has 1 fully saturated rings. The van der Waals surface area contributed by atoms with Gasteiger partial charge in [-0.25, -0.2) is 0 Å². The SMILES string of the molecule is CC(C)n1cc(C(=O)C(=O)NCCN2CCC(CCO)CC2)c2ccccc21.Cl. The molecule has 2 N–H and O–H groups in total. The zero-order chi connectivity index (χ0) is 20.1. The normalized spacial score (nSPS) is 15.4. The first-order chi connectivity index (χ1) is 13.5. The Bertz CT molecular complexity index is 826. The van der Waals surface area contributed by atoms with Gasteiger partial charge in [-0.15, -0.1) is 12.4 Å². The van der Waals surface area contributed by atoms with Crippen molar-refractivity contribution in [3.63, 3.8) is 0 Å². The standard InChI is InChI=1S/C22H31N3O3.ClH/c1-16(2)25-15-19(18-5-3-4-6-20(18)25)21(27)22(28)23-10-13-24-11-7-17(8-12-24)9-14-26;/h3-6,15-17,26H,7-14H2,1-2H3,(H,23,28);1H. The van der Waals surface area contributed by atoms with E-state index in [0.717, 1.165) is 49.8 Å². The second kappa shape index (κ2) is 10.8. The highest BCUT2D eigenvalue weighted by Crippen LogP contribution is 2.25. The first-order valence-corrected chi connectivity index (χ1v) is 10.3. The van der Waals surface area contributed by atoms with E-state index in [1.807, 2.05) is 28.8 Å². The van der Waals surface area contributed by atoms with E-state index < -0.39 is 11.7 Å². The van der Waals surface area contributed by atoms with Crippen molar-refractivity contribution in [2.75, 3.05) is 32.8 Å². The molecular formula is C22H32ClN3O3. The van der Waals surface area contributed by atoms with Gasteiger partial charge in [0.25, 0.3) is 11.7 Å². The lowest BCUT2D eigenvalue weighted by molar-refractivity contribution is -0.117. The number of benzene rings is 1. The minimum Gasteiger partial charge on any atom is -0.396 e. The highest BCUT2D eigenvalue weighted by atomic mass is 35.5. The van der Waals surface area contributed by atoms with Crippen molar-refractivity contribution in [3.05, 3.63) is 36.0 Å². The highest BCUT2D eigenvalue weighted by Gasteiger charge is 2.23. The van der Waals surface area contributed by atoms with Gasteiger partial charge in [0.1, 0.15) is 0 Å². The van der Waals surface area contributed by atoms with Crippen LogP contribution in [0.1, 0.15) is 49.5 Å². The van der Waals surface area contributed by atoms with Gasteiger partial charge < -0.3 is 19.9 Å².